The second-order valence-electron chi connectivity index (χ2n) is 1.50. The number of nitrogens with one attached hydrogen (secondary N) is 1. The van der Waals surface area contributed by atoms with E-state index in [0.29, 0.717) is 6.42 Å². The molecule has 0 aromatic heterocycles. The molecule has 0 spiro atoms. The van der Waals surface area contributed by atoms with Crippen molar-refractivity contribution in [3.05, 3.63) is 0 Å². The van der Waals surface area contributed by atoms with Crippen LogP contribution in [0.25, 0.3) is 0 Å². The predicted molar refractivity (Wildman–Crippen MR) is 36.4 cm³/mol. The molecule has 52 valence electrons. The number of rotatable bonds is 4. The molecule has 8 heavy (non-hydrogen) atoms. The Morgan fingerprint density at radius 2 is 2.00 bits per heavy atom. The Balaban J connectivity index is 0. The van der Waals surface area contributed by atoms with Crippen molar-refractivity contribution in [3.8, 4) is 0 Å². The van der Waals surface area contributed by atoms with Gasteiger partial charge >= 0.3 is 0 Å². The van der Waals surface area contributed by atoms with Gasteiger partial charge in [-0.15, -0.1) is 12.4 Å². The number of hydrogen-bond acceptors (Lipinski definition) is 1. The van der Waals surface area contributed by atoms with Crippen molar-refractivity contribution < 1.29 is 4.39 Å². The van der Waals surface area contributed by atoms with Crippen molar-refractivity contribution >= 4 is 12.4 Å². The fraction of sp³-hybridized carbons (Fsp3) is 1.00. The molecule has 0 radical (unpaired) electrons. The summed E-state index contributed by atoms with van der Waals surface area (Å²) >= 11 is 0. The van der Waals surface area contributed by atoms with Crippen molar-refractivity contribution in [2.75, 3.05) is 20.3 Å². The molecule has 1 N–H and O–H groups in total. The van der Waals surface area contributed by atoms with Gasteiger partial charge in [-0.05, 0) is 26.4 Å². The van der Waals surface area contributed by atoms with Crippen LogP contribution in [0.1, 0.15) is 12.8 Å². The lowest BCUT2D eigenvalue weighted by Gasteiger charge is -1.91. The standard InChI is InChI=1S/C5H12FN.ClH/c1-7-5-3-2-4-6;/h7H,2-5H2,1H3;1H. The van der Waals surface area contributed by atoms with Gasteiger partial charge < -0.3 is 5.32 Å². The monoisotopic (exact) mass is 141 g/mol. The van der Waals surface area contributed by atoms with E-state index in [-0.39, 0.29) is 19.1 Å². The molecular weight excluding hydrogens is 129 g/mol. The highest BCUT2D eigenvalue weighted by Gasteiger charge is 1.81. The van der Waals surface area contributed by atoms with Gasteiger partial charge in [0.25, 0.3) is 0 Å². The Hall–Kier alpha value is 0.180. The quantitative estimate of drug-likeness (QED) is 0.584. The molecule has 0 atom stereocenters. The maximum atomic E-state index is 11.3. The Morgan fingerprint density at radius 3 is 2.38 bits per heavy atom. The van der Waals surface area contributed by atoms with Crippen LogP contribution < -0.4 is 5.32 Å². The molecule has 0 aliphatic rings. The van der Waals surface area contributed by atoms with Gasteiger partial charge in [-0.25, -0.2) is 0 Å². The summed E-state index contributed by atoms with van der Waals surface area (Å²) in [7, 11) is 1.87. The summed E-state index contributed by atoms with van der Waals surface area (Å²) in [5, 5.41) is 2.94. The maximum absolute atomic E-state index is 11.3. The van der Waals surface area contributed by atoms with Gasteiger partial charge in [-0.3, -0.25) is 4.39 Å². The van der Waals surface area contributed by atoms with Gasteiger partial charge in [0, 0.05) is 0 Å². The average molecular weight is 142 g/mol. The fourth-order valence-electron chi connectivity index (χ4n) is 0.396. The SMILES string of the molecule is CNCCCCF.Cl. The van der Waals surface area contributed by atoms with Crippen LogP contribution in [0.4, 0.5) is 4.39 Å². The molecule has 0 aromatic carbocycles. The third-order valence-electron chi connectivity index (χ3n) is 0.810. The van der Waals surface area contributed by atoms with Gasteiger partial charge in [-0.2, -0.15) is 0 Å². The van der Waals surface area contributed by atoms with Gasteiger partial charge in [0.1, 0.15) is 0 Å². The van der Waals surface area contributed by atoms with E-state index in [4.69, 9.17) is 0 Å². The predicted octanol–water partition coefficient (Wildman–Crippen LogP) is 1.38. The molecule has 0 heterocycles. The summed E-state index contributed by atoms with van der Waals surface area (Å²) in [4.78, 5) is 0. The van der Waals surface area contributed by atoms with Crippen molar-refractivity contribution in [1.29, 1.82) is 0 Å². The minimum absolute atomic E-state index is 0. The topological polar surface area (TPSA) is 12.0 Å². The highest BCUT2D eigenvalue weighted by atomic mass is 35.5. The summed E-state index contributed by atoms with van der Waals surface area (Å²) in [5.41, 5.74) is 0. The van der Waals surface area contributed by atoms with Crippen LogP contribution in [0.5, 0.6) is 0 Å². The zero-order chi connectivity index (χ0) is 5.54. The van der Waals surface area contributed by atoms with E-state index in [0.717, 1.165) is 13.0 Å². The first kappa shape index (κ1) is 11.0. The van der Waals surface area contributed by atoms with E-state index in [1.165, 1.54) is 0 Å². The van der Waals surface area contributed by atoms with Crippen LogP contribution in [0.2, 0.25) is 0 Å². The molecule has 0 bridgehead atoms. The van der Waals surface area contributed by atoms with Crippen molar-refractivity contribution in [3.63, 3.8) is 0 Å². The summed E-state index contributed by atoms with van der Waals surface area (Å²) in [6.45, 7) is 0.756. The molecule has 0 saturated heterocycles. The minimum atomic E-state index is -0.179. The van der Waals surface area contributed by atoms with E-state index in [2.05, 4.69) is 5.32 Å². The second-order valence-corrected chi connectivity index (χ2v) is 1.50. The first-order valence-electron chi connectivity index (χ1n) is 2.62. The summed E-state index contributed by atoms with van der Waals surface area (Å²) < 4.78 is 11.3. The largest absolute Gasteiger partial charge is 0.320 e. The normalized spacial score (nSPS) is 8.25. The summed E-state index contributed by atoms with van der Waals surface area (Å²) in [5.74, 6) is 0. The highest BCUT2D eigenvalue weighted by Crippen LogP contribution is 1.84. The Kier molecular flexibility index (Phi) is 14.1. The molecule has 0 fully saturated rings. The first-order chi connectivity index (χ1) is 3.41. The number of alkyl halides is 1. The Bertz CT molecular complexity index is 31.6. The second kappa shape index (κ2) is 10.2. The molecule has 0 aliphatic heterocycles. The lowest BCUT2D eigenvalue weighted by Crippen LogP contribution is -2.07. The van der Waals surface area contributed by atoms with Crippen molar-refractivity contribution in [1.82, 2.24) is 5.32 Å². The zero-order valence-electron chi connectivity index (χ0n) is 5.11. The molecule has 0 amide bonds. The Labute approximate surface area is 56.1 Å². The number of halogens is 2. The van der Waals surface area contributed by atoms with Crippen LogP contribution in [0.3, 0.4) is 0 Å². The lowest BCUT2D eigenvalue weighted by atomic mass is 10.3. The molecular formula is C5H13ClFN. The Morgan fingerprint density at radius 1 is 1.38 bits per heavy atom. The van der Waals surface area contributed by atoms with E-state index >= 15 is 0 Å². The molecule has 0 aliphatic carbocycles. The number of unbranched alkanes of at least 4 members (excludes halogenated alkanes) is 1. The van der Waals surface area contributed by atoms with Crippen LogP contribution in [0, 0.1) is 0 Å². The number of hydrogen-bond donors (Lipinski definition) is 1. The summed E-state index contributed by atoms with van der Waals surface area (Å²) in [6, 6.07) is 0. The van der Waals surface area contributed by atoms with Crippen LogP contribution in [-0.4, -0.2) is 20.3 Å². The summed E-state index contributed by atoms with van der Waals surface area (Å²) in [6.07, 6.45) is 1.65. The van der Waals surface area contributed by atoms with Crippen LogP contribution in [-0.2, 0) is 0 Å². The molecule has 3 heteroatoms. The van der Waals surface area contributed by atoms with Crippen molar-refractivity contribution in [2.24, 2.45) is 0 Å². The highest BCUT2D eigenvalue weighted by molar-refractivity contribution is 5.85. The van der Waals surface area contributed by atoms with Gasteiger partial charge in [-0.1, -0.05) is 0 Å². The van der Waals surface area contributed by atoms with Gasteiger partial charge in [0.05, 0.1) is 6.67 Å². The van der Waals surface area contributed by atoms with Gasteiger partial charge in [0.15, 0.2) is 0 Å². The van der Waals surface area contributed by atoms with Crippen molar-refractivity contribution in [2.45, 2.75) is 12.8 Å². The van der Waals surface area contributed by atoms with E-state index in [1.807, 2.05) is 7.05 Å². The molecule has 0 rings (SSSR count). The molecule has 1 nitrogen and oxygen atoms in total. The molecule has 0 aromatic rings. The molecule has 0 unspecified atom stereocenters. The smallest absolute Gasteiger partial charge is 0.0894 e. The first-order valence-corrected chi connectivity index (χ1v) is 2.62. The lowest BCUT2D eigenvalue weighted by molar-refractivity contribution is 0.459. The maximum Gasteiger partial charge on any atom is 0.0894 e. The zero-order valence-corrected chi connectivity index (χ0v) is 5.93. The minimum Gasteiger partial charge on any atom is -0.320 e. The van der Waals surface area contributed by atoms with E-state index in [1.54, 1.807) is 0 Å². The van der Waals surface area contributed by atoms with Crippen LogP contribution in [0.15, 0.2) is 0 Å². The van der Waals surface area contributed by atoms with E-state index < -0.39 is 0 Å². The van der Waals surface area contributed by atoms with Crippen LogP contribution >= 0.6 is 12.4 Å². The van der Waals surface area contributed by atoms with Gasteiger partial charge in [0.2, 0.25) is 0 Å². The van der Waals surface area contributed by atoms with E-state index in [9.17, 15) is 4.39 Å². The molecule has 0 saturated carbocycles. The average Bonchev–Trinajstić information content (AvgIpc) is 1.69. The third-order valence-corrected chi connectivity index (χ3v) is 0.810. The third kappa shape index (κ3) is 9.49. The fourth-order valence-corrected chi connectivity index (χ4v) is 0.396.